The molecule has 1 aliphatic rings. The van der Waals surface area contributed by atoms with Gasteiger partial charge in [-0.1, -0.05) is 12.1 Å². The summed E-state index contributed by atoms with van der Waals surface area (Å²) in [5.74, 6) is 0.451. The molecule has 150 valence electrons. The number of carbonyl (C=O) groups is 2. The molecular weight excluding hydrogens is 392 g/mol. The molecule has 2 aromatic heterocycles. The number of rotatable bonds is 6. The molecule has 0 aliphatic carbocycles. The van der Waals surface area contributed by atoms with Crippen molar-refractivity contribution in [1.29, 1.82) is 0 Å². The largest absolute Gasteiger partial charge is 0.497 e. The van der Waals surface area contributed by atoms with Crippen LogP contribution in [0.1, 0.15) is 24.6 Å². The van der Waals surface area contributed by atoms with Gasteiger partial charge in [-0.25, -0.2) is 9.78 Å². The lowest BCUT2D eigenvalue weighted by atomic mass is 9.93. The maximum absolute atomic E-state index is 13.0. The monoisotopic (exact) mass is 412 g/mol. The molecule has 9 heteroatoms. The number of hydrogen-bond acceptors (Lipinski definition) is 6. The Morgan fingerprint density at radius 3 is 2.69 bits per heavy atom. The van der Waals surface area contributed by atoms with E-state index in [1.54, 1.807) is 25.6 Å². The zero-order chi connectivity index (χ0) is 20.6. The summed E-state index contributed by atoms with van der Waals surface area (Å²) >= 11 is 1.32. The fraction of sp³-hybridized carbons (Fsp3) is 0.300. The van der Waals surface area contributed by atoms with Crippen LogP contribution in [0.4, 0.5) is 4.79 Å². The van der Waals surface area contributed by atoms with E-state index in [1.807, 2.05) is 24.3 Å². The van der Waals surface area contributed by atoms with E-state index < -0.39 is 11.6 Å². The van der Waals surface area contributed by atoms with Gasteiger partial charge in [-0.2, -0.15) is 0 Å². The van der Waals surface area contributed by atoms with Gasteiger partial charge in [-0.3, -0.25) is 18.9 Å². The van der Waals surface area contributed by atoms with Crippen molar-refractivity contribution in [2.75, 3.05) is 7.11 Å². The summed E-state index contributed by atoms with van der Waals surface area (Å²) in [5.41, 5.74) is 0.199. The summed E-state index contributed by atoms with van der Waals surface area (Å²) in [7, 11) is 1.61. The molecule has 29 heavy (non-hydrogen) atoms. The van der Waals surface area contributed by atoms with Gasteiger partial charge < -0.3 is 10.1 Å². The van der Waals surface area contributed by atoms with Gasteiger partial charge in [0.2, 0.25) is 0 Å². The van der Waals surface area contributed by atoms with Crippen LogP contribution in [0.25, 0.3) is 4.96 Å². The minimum Gasteiger partial charge on any atom is -0.497 e. The highest BCUT2D eigenvalue weighted by molar-refractivity contribution is 7.15. The maximum atomic E-state index is 13.0. The number of carbonyl (C=O) groups excluding carboxylic acids is 2. The van der Waals surface area contributed by atoms with Gasteiger partial charge in [0.05, 0.1) is 19.3 Å². The number of nitrogens with one attached hydrogen (secondary N) is 1. The second-order valence-electron chi connectivity index (χ2n) is 7.14. The molecule has 0 saturated carbocycles. The molecule has 1 fully saturated rings. The van der Waals surface area contributed by atoms with Crippen LogP contribution in [0.5, 0.6) is 5.75 Å². The number of benzene rings is 1. The Labute approximate surface area is 170 Å². The Balaban J connectivity index is 1.48. The zero-order valence-corrected chi connectivity index (χ0v) is 16.9. The van der Waals surface area contributed by atoms with Crippen molar-refractivity contribution in [2.45, 2.75) is 31.8 Å². The van der Waals surface area contributed by atoms with Crippen molar-refractivity contribution in [3.63, 3.8) is 0 Å². The average molecular weight is 412 g/mol. The average Bonchev–Trinajstić information content (AvgIpc) is 3.26. The van der Waals surface area contributed by atoms with Crippen LogP contribution in [0.2, 0.25) is 0 Å². The number of hydrogen-bond donors (Lipinski definition) is 1. The van der Waals surface area contributed by atoms with E-state index in [1.165, 1.54) is 21.8 Å². The predicted octanol–water partition coefficient (Wildman–Crippen LogP) is 2.21. The van der Waals surface area contributed by atoms with Gasteiger partial charge in [0, 0.05) is 17.6 Å². The van der Waals surface area contributed by atoms with Crippen molar-refractivity contribution in [3.8, 4) is 5.75 Å². The standard InChI is InChI=1S/C20H20N4O4S/c1-20(8-7-13-3-5-15(28-2)6-4-13)17(26)24(18(27)22-20)12-14-11-16(25)23-9-10-29-19(23)21-14/h3-6,9-11H,7-8,12H2,1-2H3,(H,22,27)/t20-/m0/s1. The Morgan fingerprint density at radius 1 is 1.21 bits per heavy atom. The molecule has 8 nitrogen and oxygen atoms in total. The number of fused-ring (bicyclic) bond motifs is 1. The number of nitrogens with zero attached hydrogens (tertiary/aromatic N) is 3. The molecule has 3 heterocycles. The topological polar surface area (TPSA) is 93.0 Å². The normalized spacial score (nSPS) is 19.0. The van der Waals surface area contributed by atoms with E-state index in [-0.39, 0.29) is 18.0 Å². The van der Waals surface area contributed by atoms with Crippen molar-refractivity contribution in [2.24, 2.45) is 0 Å². The van der Waals surface area contributed by atoms with Crippen LogP contribution in [0.15, 0.2) is 46.7 Å². The fourth-order valence-electron chi connectivity index (χ4n) is 3.38. The summed E-state index contributed by atoms with van der Waals surface area (Å²) in [5, 5.41) is 4.56. The summed E-state index contributed by atoms with van der Waals surface area (Å²) in [6.45, 7) is 1.69. The van der Waals surface area contributed by atoms with Crippen LogP contribution in [-0.2, 0) is 17.8 Å². The first-order chi connectivity index (χ1) is 13.9. The predicted molar refractivity (Wildman–Crippen MR) is 108 cm³/mol. The number of ether oxygens (including phenoxy) is 1. The van der Waals surface area contributed by atoms with Crippen molar-refractivity contribution < 1.29 is 14.3 Å². The van der Waals surface area contributed by atoms with E-state index in [0.29, 0.717) is 23.5 Å². The third-order valence-corrected chi connectivity index (χ3v) is 5.85. The first-order valence-electron chi connectivity index (χ1n) is 9.12. The number of aromatic nitrogens is 2. The van der Waals surface area contributed by atoms with Gasteiger partial charge >= 0.3 is 6.03 Å². The number of thiazole rings is 1. The number of aryl methyl sites for hydroxylation is 1. The number of urea groups is 1. The van der Waals surface area contributed by atoms with E-state index in [2.05, 4.69) is 10.3 Å². The molecule has 1 saturated heterocycles. The molecular formula is C20H20N4O4S. The van der Waals surface area contributed by atoms with Crippen molar-refractivity contribution in [3.05, 3.63) is 63.5 Å². The third kappa shape index (κ3) is 3.61. The van der Waals surface area contributed by atoms with Crippen LogP contribution in [-0.4, -0.2) is 38.9 Å². The number of imide groups is 1. The molecule has 0 spiro atoms. The molecule has 0 radical (unpaired) electrons. The first kappa shape index (κ1) is 19.1. The highest BCUT2D eigenvalue weighted by atomic mass is 32.1. The quantitative estimate of drug-likeness (QED) is 0.627. The van der Waals surface area contributed by atoms with E-state index in [9.17, 15) is 14.4 Å². The highest BCUT2D eigenvalue weighted by Gasteiger charge is 2.47. The summed E-state index contributed by atoms with van der Waals surface area (Å²) in [6.07, 6.45) is 2.73. The lowest BCUT2D eigenvalue weighted by molar-refractivity contribution is -0.131. The number of methoxy groups -OCH3 is 1. The smallest absolute Gasteiger partial charge is 0.325 e. The van der Waals surface area contributed by atoms with Crippen LogP contribution < -0.4 is 15.6 Å². The molecule has 0 bridgehead atoms. The third-order valence-electron chi connectivity index (χ3n) is 5.09. The SMILES string of the molecule is COc1ccc(CC[C@]2(C)NC(=O)N(Cc3cc(=O)n4ccsc4n3)C2=O)cc1. The highest BCUT2D eigenvalue weighted by Crippen LogP contribution is 2.25. The molecule has 3 amide bonds. The number of amides is 3. The molecule has 1 aliphatic heterocycles. The van der Waals surface area contributed by atoms with Crippen molar-refractivity contribution >= 4 is 28.2 Å². The Hall–Kier alpha value is -3.20. The maximum Gasteiger partial charge on any atom is 0.325 e. The summed E-state index contributed by atoms with van der Waals surface area (Å²) in [6, 6.07) is 8.49. The Bertz CT molecular complexity index is 1140. The van der Waals surface area contributed by atoms with Gasteiger partial charge in [0.1, 0.15) is 11.3 Å². The Morgan fingerprint density at radius 2 is 1.97 bits per heavy atom. The van der Waals surface area contributed by atoms with Crippen LogP contribution in [0.3, 0.4) is 0 Å². The minimum atomic E-state index is -1.00. The fourth-order valence-corrected chi connectivity index (χ4v) is 4.12. The van der Waals surface area contributed by atoms with E-state index in [0.717, 1.165) is 16.2 Å². The first-order valence-corrected chi connectivity index (χ1v) is 10.0. The molecule has 1 N–H and O–H groups in total. The molecule has 3 aromatic rings. The van der Waals surface area contributed by atoms with E-state index >= 15 is 0 Å². The minimum absolute atomic E-state index is 0.0353. The van der Waals surface area contributed by atoms with Gasteiger partial charge in [-0.05, 0) is 37.5 Å². The van der Waals surface area contributed by atoms with Gasteiger partial charge in [0.15, 0.2) is 4.96 Å². The summed E-state index contributed by atoms with van der Waals surface area (Å²) in [4.78, 5) is 43.6. The van der Waals surface area contributed by atoms with E-state index in [4.69, 9.17) is 4.74 Å². The second kappa shape index (κ2) is 7.32. The molecule has 1 aromatic carbocycles. The lowest BCUT2D eigenvalue weighted by Gasteiger charge is -2.21. The lowest BCUT2D eigenvalue weighted by Crippen LogP contribution is -2.44. The molecule has 0 unspecified atom stereocenters. The Kier molecular flexibility index (Phi) is 4.83. The van der Waals surface area contributed by atoms with Crippen LogP contribution >= 0.6 is 11.3 Å². The second-order valence-corrected chi connectivity index (χ2v) is 8.02. The van der Waals surface area contributed by atoms with Gasteiger partial charge in [-0.15, -0.1) is 11.3 Å². The van der Waals surface area contributed by atoms with Gasteiger partial charge in [0.25, 0.3) is 11.5 Å². The van der Waals surface area contributed by atoms with Crippen LogP contribution in [0, 0.1) is 0 Å². The van der Waals surface area contributed by atoms with Crippen molar-refractivity contribution in [1.82, 2.24) is 19.6 Å². The summed E-state index contributed by atoms with van der Waals surface area (Å²) < 4.78 is 6.58. The zero-order valence-electron chi connectivity index (χ0n) is 16.0. The molecule has 1 atom stereocenters. The molecule has 4 rings (SSSR count).